The predicted octanol–water partition coefficient (Wildman–Crippen LogP) is 1.54. The molecule has 0 radical (unpaired) electrons. The maximum absolute atomic E-state index is 12.9. The monoisotopic (exact) mass is 489 g/mol. The Labute approximate surface area is 204 Å². The van der Waals surface area contributed by atoms with Gasteiger partial charge in [-0.05, 0) is 48.4 Å². The minimum Gasteiger partial charge on any atom is -0.394 e. The van der Waals surface area contributed by atoms with Crippen molar-refractivity contribution in [2.75, 3.05) is 39.3 Å². The standard InChI is InChI=1S/C25H32ClN3O5/c26-19-3-1-2-18(14-19)4-5-22(32)27-10-6-23(33)29(13-12-27)20(17-30)15-24(34)28-11-9-25(7-8-25)21(31)16-28/h1-5,14,20-21,30-31H,6-13,15-17H2/b5-4+/t20?,21-/m1/s1. The third-order valence-corrected chi connectivity index (χ3v) is 7.63. The molecule has 2 heterocycles. The molecule has 1 aliphatic carbocycles. The van der Waals surface area contributed by atoms with Crippen molar-refractivity contribution >= 4 is 35.4 Å². The fourth-order valence-corrected chi connectivity index (χ4v) is 5.12. The van der Waals surface area contributed by atoms with Crippen molar-refractivity contribution < 1.29 is 24.6 Å². The van der Waals surface area contributed by atoms with Crippen LogP contribution in [0.4, 0.5) is 0 Å². The average molecular weight is 490 g/mol. The van der Waals surface area contributed by atoms with E-state index < -0.39 is 12.1 Å². The highest BCUT2D eigenvalue weighted by molar-refractivity contribution is 6.30. The summed E-state index contributed by atoms with van der Waals surface area (Å²) >= 11 is 5.98. The van der Waals surface area contributed by atoms with Gasteiger partial charge in [0.25, 0.3) is 0 Å². The topological polar surface area (TPSA) is 101 Å². The molecular formula is C25H32ClN3O5. The highest BCUT2D eigenvalue weighted by Gasteiger charge is 2.51. The molecule has 1 saturated carbocycles. The Bertz CT molecular complexity index is 964. The first kappa shape index (κ1) is 24.7. The van der Waals surface area contributed by atoms with Crippen LogP contribution in [0, 0.1) is 5.41 Å². The first-order chi connectivity index (χ1) is 16.3. The SMILES string of the molecule is O=C(/C=C/c1cccc(Cl)c1)N1CCC(=O)N(C(CO)CC(=O)N2CCC3(CC3)[C@H](O)C2)CC1. The van der Waals surface area contributed by atoms with Crippen molar-refractivity contribution in [2.45, 2.75) is 44.2 Å². The largest absolute Gasteiger partial charge is 0.394 e. The zero-order valence-corrected chi connectivity index (χ0v) is 20.0. The summed E-state index contributed by atoms with van der Waals surface area (Å²) < 4.78 is 0. The lowest BCUT2D eigenvalue weighted by Crippen LogP contribution is -2.51. The summed E-state index contributed by atoms with van der Waals surface area (Å²) in [4.78, 5) is 43.1. The van der Waals surface area contributed by atoms with Gasteiger partial charge < -0.3 is 24.9 Å². The van der Waals surface area contributed by atoms with Gasteiger partial charge in [-0.15, -0.1) is 0 Å². The normalized spacial score (nSPS) is 23.3. The molecule has 2 aliphatic heterocycles. The Kier molecular flexibility index (Phi) is 7.60. The summed E-state index contributed by atoms with van der Waals surface area (Å²) in [5.74, 6) is -0.554. The van der Waals surface area contributed by atoms with Crippen LogP contribution in [-0.4, -0.2) is 94.1 Å². The third-order valence-electron chi connectivity index (χ3n) is 7.39. The number of benzene rings is 1. The number of hydrogen-bond donors (Lipinski definition) is 2. The van der Waals surface area contributed by atoms with Gasteiger partial charge in [0.1, 0.15) is 0 Å². The lowest BCUT2D eigenvalue weighted by molar-refractivity contribution is -0.141. The number of amides is 3. The van der Waals surface area contributed by atoms with Crippen LogP contribution >= 0.6 is 11.6 Å². The van der Waals surface area contributed by atoms with Crippen molar-refractivity contribution in [3.8, 4) is 0 Å². The van der Waals surface area contributed by atoms with Crippen molar-refractivity contribution in [2.24, 2.45) is 5.41 Å². The minimum absolute atomic E-state index is 0.00454. The third kappa shape index (κ3) is 5.62. The molecule has 4 rings (SSSR count). The van der Waals surface area contributed by atoms with Gasteiger partial charge in [0, 0.05) is 56.7 Å². The van der Waals surface area contributed by atoms with E-state index in [1.165, 1.54) is 11.0 Å². The number of aliphatic hydroxyl groups is 2. The summed E-state index contributed by atoms with van der Waals surface area (Å²) in [7, 11) is 0. The average Bonchev–Trinajstić information content (AvgIpc) is 3.63. The van der Waals surface area contributed by atoms with Gasteiger partial charge in [-0.25, -0.2) is 0 Å². The summed E-state index contributed by atoms with van der Waals surface area (Å²) in [6, 6.07) is 6.52. The van der Waals surface area contributed by atoms with E-state index in [0.29, 0.717) is 24.7 Å². The zero-order chi connectivity index (χ0) is 24.3. The Hall–Kier alpha value is -2.42. The summed E-state index contributed by atoms with van der Waals surface area (Å²) in [5.41, 5.74) is 0.813. The first-order valence-corrected chi connectivity index (χ1v) is 12.3. The fourth-order valence-electron chi connectivity index (χ4n) is 4.92. The van der Waals surface area contributed by atoms with E-state index in [2.05, 4.69) is 0 Å². The number of likely N-dealkylation sites (tertiary alicyclic amines) is 1. The van der Waals surface area contributed by atoms with Crippen molar-refractivity contribution in [1.82, 2.24) is 14.7 Å². The molecule has 0 aromatic heterocycles. The Balaban J connectivity index is 1.33. The van der Waals surface area contributed by atoms with Crippen LogP contribution in [-0.2, 0) is 14.4 Å². The van der Waals surface area contributed by atoms with Gasteiger partial charge in [-0.3, -0.25) is 14.4 Å². The molecule has 3 fully saturated rings. The number of halogens is 1. The lowest BCUT2D eigenvalue weighted by Gasteiger charge is -2.38. The van der Waals surface area contributed by atoms with Gasteiger partial charge in [0.05, 0.1) is 18.8 Å². The van der Waals surface area contributed by atoms with E-state index in [-0.39, 0.29) is 55.7 Å². The Morgan fingerprint density at radius 3 is 2.62 bits per heavy atom. The Morgan fingerprint density at radius 1 is 1.15 bits per heavy atom. The number of β-amino-alcohol motifs (C(OH)–C–C–N with tert-alkyl or cyclic N) is 1. The highest BCUT2D eigenvalue weighted by atomic mass is 35.5. The Morgan fingerprint density at radius 2 is 1.94 bits per heavy atom. The summed E-state index contributed by atoms with van der Waals surface area (Å²) in [5, 5.41) is 20.9. The number of hydrogen-bond acceptors (Lipinski definition) is 5. The lowest BCUT2D eigenvalue weighted by atomic mass is 9.90. The van der Waals surface area contributed by atoms with Crippen LogP contribution in [0.5, 0.6) is 0 Å². The van der Waals surface area contributed by atoms with Gasteiger partial charge in [-0.2, -0.15) is 0 Å². The van der Waals surface area contributed by atoms with Crippen LogP contribution in [0.3, 0.4) is 0 Å². The highest BCUT2D eigenvalue weighted by Crippen LogP contribution is 2.53. The van der Waals surface area contributed by atoms with Gasteiger partial charge >= 0.3 is 0 Å². The zero-order valence-electron chi connectivity index (χ0n) is 19.2. The molecule has 2 N–H and O–H groups in total. The smallest absolute Gasteiger partial charge is 0.246 e. The molecular weight excluding hydrogens is 458 g/mol. The number of rotatable bonds is 6. The van der Waals surface area contributed by atoms with E-state index in [0.717, 1.165) is 24.8 Å². The molecule has 1 unspecified atom stereocenters. The van der Waals surface area contributed by atoms with Crippen LogP contribution in [0.2, 0.25) is 5.02 Å². The second kappa shape index (κ2) is 10.5. The minimum atomic E-state index is -0.647. The van der Waals surface area contributed by atoms with E-state index in [4.69, 9.17) is 11.6 Å². The molecule has 2 atom stereocenters. The molecule has 1 spiro atoms. The van der Waals surface area contributed by atoms with Gasteiger partial charge in [-0.1, -0.05) is 23.7 Å². The van der Waals surface area contributed by atoms with Crippen LogP contribution in [0.25, 0.3) is 6.08 Å². The molecule has 3 amide bonds. The molecule has 2 saturated heterocycles. The van der Waals surface area contributed by atoms with E-state index in [9.17, 15) is 24.6 Å². The predicted molar refractivity (Wildman–Crippen MR) is 128 cm³/mol. The first-order valence-electron chi connectivity index (χ1n) is 11.9. The molecule has 1 aromatic rings. The quantitative estimate of drug-likeness (QED) is 0.590. The second-order valence-corrected chi connectivity index (χ2v) is 10.00. The van der Waals surface area contributed by atoms with Crippen LogP contribution < -0.4 is 0 Å². The molecule has 9 heteroatoms. The van der Waals surface area contributed by atoms with Crippen LogP contribution in [0.1, 0.15) is 37.7 Å². The van der Waals surface area contributed by atoms with E-state index >= 15 is 0 Å². The second-order valence-electron chi connectivity index (χ2n) is 9.56. The van der Waals surface area contributed by atoms with Gasteiger partial charge in [0.15, 0.2) is 0 Å². The molecule has 8 nitrogen and oxygen atoms in total. The van der Waals surface area contributed by atoms with E-state index in [1.54, 1.807) is 34.1 Å². The number of carbonyl (C=O) groups excluding carboxylic acids is 3. The van der Waals surface area contributed by atoms with E-state index in [1.807, 2.05) is 6.07 Å². The maximum Gasteiger partial charge on any atom is 0.246 e. The van der Waals surface area contributed by atoms with Crippen molar-refractivity contribution in [3.63, 3.8) is 0 Å². The number of nitrogens with zero attached hydrogens (tertiary/aromatic N) is 3. The number of carbonyl (C=O) groups is 3. The van der Waals surface area contributed by atoms with Crippen molar-refractivity contribution in [3.05, 3.63) is 40.9 Å². The molecule has 1 aromatic carbocycles. The fraction of sp³-hybridized carbons (Fsp3) is 0.560. The summed E-state index contributed by atoms with van der Waals surface area (Å²) in [6.07, 6.45) is 5.61. The maximum atomic E-state index is 12.9. The molecule has 184 valence electrons. The molecule has 0 bridgehead atoms. The number of piperidine rings is 1. The molecule has 34 heavy (non-hydrogen) atoms. The molecule has 3 aliphatic rings. The van der Waals surface area contributed by atoms with Crippen molar-refractivity contribution in [1.29, 1.82) is 0 Å². The number of aliphatic hydroxyl groups excluding tert-OH is 2. The van der Waals surface area contributed by atoms with Crippen LogP contribution in [0.15, 0.2) is 30.3 Å². The summed E-state index contributed by atoms with van der Waals surface area (Å²) in [6.45, 7) is 1.43. The van der Waals surface area contributed by atoms with Gasteiger partial charge in [0.2, 0.25) is 17.7 Å².